The van der Waals surface area contributed by atoms with Crippen molar-refractivity contribution in [2.24, 2.45) is 0 Å². The van der Waals surface area contributed by atoms with E-state index < -0.39 is 0 Å². The molecule has 25 heavy (non-hydrogen) atoms. The highest BCUT2D eigenvalue weighted by Gasteiger charge is 2.10. The van der Waals surface area contributed by atoms with Crippen LogP contribution >= 0.6 is 11.3 Å². The van der Waals surface area contributed by atoms with E-state index in [-0.39, 0.29) is 5.91 Å². The largest absolute Gasteiger partial charge is 0.461 e. The molecular weight excluding hydrogens is 338 g/mol. The van der Waals surface area contributed by atoms with Crippen molar-refractivity contribution in [3.05, 3.63) is 52.7 Å². The summed E-state index contributed by atoms with van der Waals surface area (Å²) in [5, 5.41) is 11.8. The van der Waals surface area contributed by atoms with Gasteiger partial charge in [0.2, 0.25) is 11.0 Å². The number of furan rings is 1. The van der Waals surface area contributed by atoms with E-state index in [2.05, 4.69) is 15.5 Å². The standard InChI is InChI=1S/C18H19N3O3S/c1-12-3-5-13(6-4-12)15-9-7-14(24-15)8-10-16(22)19-18-21-20-17(25-18)11-23-2/h3-7,9H,8,10-11H2,1-2H3,(H,19,21,22). The van der Waals surface area contributed by atoms with Crippen molar-refractivity contribution in [3.63, 3.8) is 0 Å². The van der Waals surface area contributed by atoms with Gasteiger partial charge in [-0.25, -0.2) is 0 Å². The summed E-state index contributed by atoms with van der Waals surface area (Å²) in [5.74, 6) is 1.47. The molecule has 6 nitrogen and oxygen atoms in total. The van der Waals surface area contributed by atoms with Crippen molar-refractivity contribution in [3.8, 4) is 11.3 Å². The number of aromatic nitrogens is 2. The lowest BCUT2D eigenvalue weighted by Gasteiger charge is -2.00. The molecule has 0 atom stereocenters. The van der Waals surface area contributed by atoms with Crippen LogP contribution in [0.15, 0.2) is 40.8 Å². The first-order valence-corrected chi connectivity index (χ1v) is 8.72. The molecule has 0 bridgehead atoms. The van der Waals surface area contributed by atoms with Crippen molar-refractivity contribution in [1.29, 1.82) is 0 Å². The molecule has 3 rings (SSSR count). The van der Waals surface area contributed by atoms with E-state index in [4.69, 9.17) is 9.15 Å². The molecule has 1 N–H and O–H groups in total. The number of amides is 1. The lowest BCUT2D eigenvalue weighted by molar-refractivity contribution is -0.116. The topological polar surface area (TPSA) is 77.3 Å². The van der Waals surface area contributed by atoms with E-state index in [0.717, 1.165) is 22.1 Å². The molecule has 2 heterocycles. The second-order valence-corrected chi connectivity index (χ2v) is 6.68. The smallest absolute Gasteiger partial charge is 0.226 e. The molecule has 0 aliphatic carbocycles. The van der Waals surface area contributed by atoms with Gasteiger partial charge in [0, 0.05) is 25.5 Å². The number of nitrogens with zero attached hydrogens (tertiary/aromatic N) is 2. The van der Waals surface area contributed by atoms with E-state index in [1.54, 1.807) is 7.11 Å². The Balaban J connectivity index is 1.52. The summed E-state index contributed by atoms with van der Waals surface area (Å²) in [5.41, 5.74) is 2.23. The van der Waals surface area contributed by atoms with Gasteiger partial charge in [-0.05, 0) is 19.1 Å². The molecule has 1 amide bonds. The maximum Gasteiger partial charge on any atom is 0.226 e. The number of rotatable bonds is 7. The van der Waals surface area contributed by atoms with Crippen LogP contribution in [-0.4, -0.2) is 23.2 Å². The zero-order valence-corrected chi connectivity index (χ0v) is 14.9. The minimum absolute atomic E-state index is 0.117. The summed E-state index contributed by atoms with van der Waals surface area (Å²) in [6.45, 7) is 2.44. The Morgan fingerprint density at radius 2 is 2.00 bits per heavy atom. The third kappa shape index (κ3) is 4.74. The first-order chi connectivity index (χ1) is 12.1. The molecule has 3 aromatic rings. The molecule has 0 saturated carbocycles. The van der Waals surface area contributed by atoms with Gasteiger partial charge in [0.05, 0.1) is 0 Å². The highest BCUT2D eigenvalue weighted by Crippen LogP contribution is 2.23. The number of ether oxygens (including phenoxy) is 1. The number of aryl methyl sites for hydroxylation is 2. The van der Waals surface area contributed by atoms with Crippen molar-refractivity contribution in [2.45, 2.75) is 26.4 Å². The van der Waals surface area contributed by atoms with Crippen LogP contribution in [0.2, 0.25) is 0 Å². The van der Waals surface area contributed by atoms with Gasteiger partial charge >= 0.3 is 0 Å². The highest BCUT2D eigenvalue weighted by atomic mass is 32.1. The molecule has 2 aromatic heterocycles. The van der Waals surface area contributed by atoms with Crippen LogP contribution in [0.4, 0.5) is 5.13 Å². The second-order valence-electron chi connectivity index (χ2n) is 5.61. The molecule has 0 aliphatic heterocycles. The maximum absolute atomic E-state index is 12.0. The molecule has 0 spiro atoms. The molecular formula is C18H19N3O3S. The fraction of sp³-hybridized carbons (Fsp3) is 0.278. The number of nitrogens with one attached hydrogen (secondary N) is 1. The van der Waals surface area contributed by atoms with Gasteiger partial charge in [0.1, 0.15) is 23.1 Å². The molecule has 0 unspecified atom stereocenters. The van der Waals surface area contributed by atoms with Crippen molar-refractivity contribution < 1.29 is 13.9 Å². The molecule has 1 aromatic carbocycles. The Morgan fingerprint density at radius 3 is 2.76 bits per heavy atom. The van der Waals surface area contributed by atoms with E-state index in [1.165, 1.54) is 16.9 Å². The predicted octanol–water partition coefficient (Wildman–Crippen LogP) is 3.82. The SMILES string of the molecule is COCc1nnc(NC(=O)CCc2ccc(-c3ccc(C)cc3)o2)s1. The van der Waals surface area contributed by atoms with Gasteiger partial charge in [0.15, 0.2) is 0 Å². The summed E-state index contributed by atoms with van der Waals surface area (Å²) in [6.07, 6.45) is 0.849. The quantitative estimate of drug-likeness (QED) is 0.695. The zero-order chi connectivity index (χ0) is 17.6. The van der Waals surface area contributed by atoms with Gasteiger partial charge in [0.25, 0.3) is 0 Å². The lowest BCUT2D eigenvalue weighted by Crippen LogP contribution is -2.11. The third-order valence-corrected chi connectivity index (χ3v) is 4.39. The van der Waals surface area contributed by atoms with Crippen LogP contribution < -0.4 is 5.32 Å². The summed E-state index contributed by atoms with van der Waals surface area (Å²) in [7, 11) is 1.59. The minimum atomic E-state index is -0.117. The van der Waals surface area contributed by atoms with Crippen LogP contribution in [0.25, 0.3) is 11.3 Å². The average molecular weight is 357 g/mol. The van der Waals surface area contributed by atoms with Crippen LogP contribution in [0.5, 0.6) is 0 Å². The van der Waals surface area contributed by atoms with E-state index in [0.29, 0.717) is 24.6 Å². The maximum atomic E-state index is 12.0. The highest BCUT2D eigenvalue weighted by molar-refractivity contribution is 7.15. The van der Waals surface area contributed by atoms with Crippen molar-refractivity contribution in [1.82, 2.24) is 10.2 Å². The zero-order valence-electron chi connectivity index (χ0n) is 14.1. The summed E-state index contributed by atoms with van der Waals surface area (Å²) in [6, 6.07) is 12.0. The normalized spacial score (nSPS) is 10.8. The summed E-state index contributed by atoms with van der Waals surface area (Å²) in [4.78, 5) is 12.0. The molecule has 0 fully saturated rings. The molecule has 0 saturated heterocycles. The predicted molar refractivity (Wildman–Crippen MR) is 96.5 cm³/mol. The summed E-state index contributed by atoms with van der Waals surface area (Å²) < 4.78 is 10.8. The monoisotopic (exact) mass is 357 g/mol. The van der Waals surface area contributed by atoms with Gasteiger partial charge in [-0.3, -0.25) is 4.79 Å². The first kappa shape index (κ1) is 17.3. The van der Waals surface area contributed by atoms with Gasteiger partial charge in [-0.1, -0.05) is 41.2 Å². The number of anilines is 1. The van der Waals surface area contributed by atoms with Crippen molar-refractivity contribution in [2.75, 3.05) is 12.4 Å². The number of hydrogen-bond donors (Lipinski definition) is 1. The van der Waals surface area contributed by atoms with E-state index >= 15 is 0 Å². The van der Waals surface area contributed by atoms with Crippen molar-refractivity contribution >= 4 is 22.4 Å². The Morgan fingerprint density at radius 1 is 1.20 bits per heavy atom. The van der Waals surface area contributed by atoms with Crippen LogP contribution in [0.3, 0.4) is 0 Å². The van der Waals surface area contributed by atoms with Gasteiger partial charge in [-0.2, -0.15) is 0 Å². The van der Waals surface area contributed by atoms with Crippen LogP contribution in [-0.2, 0) is 22.6 Å². The Labute approximate surface area is 149 Å². The third-order valence-electron chi connectivity index (χ3n) is 3.58. The number of methoxy groups -OCH3 is 1. The van der Waals surface area contributed by atoms with Gasteiger partial charge in [-0.15, -0.1) is 10.2 Å². The fourth-order valence-electron chi connectivity index (χ4n) is 2.29. The lowest BCUT2D eigenvalue weighted by atomic mass is 10.1. The minimum Gasteiger partial charge on any atom is -0.461 e. The average Bonchev–Trinajstić information content (AvgIpc) is 3.24. The molecule has 0 radical (unpaired) electrons. The first-order valence-electron chi connectivity index (χ1n) is 7.91. The van der Waals surface area contributed by atoms with E-state index in [1.807, 2.05) is 43.3 Å². The fourth-order valence-corrected chi connectivity index (χ4v) is 3.02. The summed E-state index contributed by atoms with van der Waals surface area (Å²) >= 11 is 1.31. The Kier molecular flexibility index (Phi) is 5.57. The number of hydrogen-bond acceptors (Lipinski definition) is 6. The second kappa shape index (κ2) is 8.04. The molecule has 0 aliphatic rings. The van der Waals surface area contributed by atoms with Crippen LogP contribution in [0.1, 0.15) is 22.8 Å². The number of benzene rings is 1. The Bertz CT molecular complexity index is 839. The van der Waals surface area contributed by atoms with E-state index in [9.17, 15) is 4.79 Å². The molecule has 7 heteroatoms. The van der Waals surface area contributed by atoms with Crippen LogP contribution in [0, 0.1) is 6.92 Å². The van der Waals surface area contributed by atoms with Gasteiger partial charge < -0.3 is 14.5 Å². The molecule has 130 valence electrons. The number of carbonyl (C=O) groups is 1. The number of carbonyl (C=O) groups excluding carboxylic acids is 1. The Hall–Kier alpha value is -2.51.